The number of anilines is 3. The third-order valence-corrected chi connectivity index (χ3v) is 4.78. The first kappa shape index (κ1) is 21.7. The monoisotopic (exact) mass is 444 g/mol. The van der Waals surface area contributed by atoms with E-state index in [1.807, 2.05) is 0 Å². The molecular weight excluding hydrogens is 430 g/mol. The van der Waals surface area contributed by atoms with E-state index >= 15 is 0 Å². The van der Waals surface area contributed by atoms with Crippen LogP contribution in [0.3, 0.4) is 0 Å². The van der Waals surface area contributed by atoms with Gasteiger partial charge in [-0.25, -0.2) is 13.8 Å². The highest BCUT2D eigenvalue weighted by Crippen LogP contribution is 2.31. The lowest BCUT2D eigenvalue weighted by Gasteiger charge is -2.18. The molecule has 0 aliphatic heterocycles. The summed E-state index contributed by atoms with van der Waals surface area (Å²) in [5.74, 6) is -2.62. The number of thiazole rings is 1. The number of carbonyl (C=O) groups is 2. The zero-order chi connectivity index (χ0) is 22.5. The van der Waals surface area contributed by atoms with Crippen molar-refractivity contribution in [3.05, 3.63) is 81.4 Å². The van der Waals surface area contributed by atoms with Crippen LogP contribution in [0.15, 0.2) is 53.9 Å². The number of hydrogen-bond acceptors (Lipinski definition) is 6. The van der Waals surface area contributed by atoms with Crippen molar-refractivity contribution in [1.82, 2.24) is 4.98 Å². The molecule has 0 bridgehead atoms. The number of rotatable bonds is 6. The largest absolute Gasteiger partial charge is 0.320 e. The van der Waals surface area contributed by atoms with Gasteiger partial charge in [-0.3, -0.25) is 24.6 Å². The van der Waals surface area contributed by atoms with E-state index in [0.717, 1.165) is 40.5 Å². The second-order valence-electron chi connectivity index (χ2n) is 6.10. The van der Waals surface area contributed by atoms with Crippen LogP contribution >= 0.6 is 11.3 Å². The van der Waals surface area contributed by atoms with Crippen molar-refractivity contribution in [2.24, 2.45) is 0 Å². The maximum absolute atomic E-state index is 14.1. The summed E-state index contributed by atoms with van der Waals surface area (Å²) in [6.45, 7) is 1.27. The number of hydrogen-bond donors (Lipinski definition) is 1. The highest BCUT2D eigenvalue weighted by molar-refractivity contribution is 7.14. The average Bonchev–Trinajstić information content (AvgIpc) is 3.18. The molecule has 2 amide bonds. The van der Waals surface area contributed by atoms with E-state index in [-0.39, 0.29) is 22.2 Å². The molecule has 0 radical (unpaired) electrons. The van der Waals surface area contributed by atoms with Crippen LogP contribution in [0.25, 0.3) is 6.08 Å². The van der Waals surface area contributed by atoms with Crippen LogP contribution in [0.5, 0.6) is 0 Å². The van der Waals surface area contributed by atoms with Crippen LogP contribution in [-0.2, 0) is 9.59 Å². The van der Waals surface area contributed by atoms with Crippen LogP contribution in [0.2, 0.25) is 0 Å². The predicted octanol–water partition coefficient (Wildman–Crippen LogP) is 4.67. The van der Waals surface area contributed by atoms with Crippen molar-refractivity contribution in [1.29, 1.82) is 0 Å². The number of benzene rings is 2. The molecule has 1 N–H and O–H groups in total. The third kappa shape index (κ3) is 5.14. The fraction of sp³-hybridized carbons (Fsp3) is 0.0500. The Hall–Kier alpha value is -3.99. The Bertz CT molecular complexity index is 1200. The minimum Gasteiger partial charge on any atom is -0.320 e. The summed E-state index contributed by atoms with van der Waals surface area (Å²) in [6, 6.07) is 8.50. The van der Waals surface area contributed by atoms with E-state index in [2.05, 4.69) is 10.3 Å². The van der Waals surface area contributed by atoms with E-state index in [1.165, 1.54) is 31.2 Å². The van der Waals surface area contributed by atoms with Crippen molar-refractivity contribution in [2.45, 2.75) is 6.92 Å². The van der Waals surface area contributed by atoms with Gasteiger partial charge in [-0.05, 0) is 24.3 Å². The van der Waals surface area contributed by atoms with Gasteiger partial charge in [0.05, 0.1) is 22.0 Å². The molecule has 11 heteroatoms. The van der Waals surface area contributed by atoms with Crippen molar-refractivity contribution in [2.75, 3.05) is 10.2 Å². The van der Waals surface area contributed by atoms with Gasteiger partial charge in [-0.15, -0.1) is 11.3 Å². The molecule has 2 aromatic carbocycles. The zero-order valence-corrected chi connectivity index (χ0v) is 16.7. The second kappa shape index (κ2) is 9.22. The molecule has 1 heterocycles. The first-order chi connectivity index (χ1) is 14.8. The van der Waals surface area contributed by atoms with E-state index in [9.17, 15) is 28.5 Å². The zero-order valence-electron chi connectivity index (χ0n) is 15.9. The van der Waals surface area contributed by atoms with Gasteiger partial charge in [0, 0.05) is 30.5 Å². The fourth-order valence-corrected chi connectivity index (χ4v) is 3.40. The van der Waals surface area contributed by atoms with E-state index in [1.54, 1.807) is 11.4 Å². The Balaban J connectivity index is 1.77. The SMILES string of the molecule is CC(=O)N(c1nc(C=CC(=O)Nc2cc([N+](=O)[O-])ccc2F)cs1)c1ccccc1F. The molecule has 0 atom stereocenters. The number of non-ortho nitro benzene ring substituents is 1. The summed E-state index contributed by atoms with van der Waals surface area (Å²) in [6.07, 6.45) is 2.36. The number of aromatic nitrogens is 1. The van der Waals surface area contributed by atoms with Gasteiger partial charge in [0.1, 0.15) is 11.6 Å². The number of amides is 2. The van der Waals surface area contributed by atoms with Crippen LogP contribution in [-0.4, -0.2) is 21.7 Å². The summed E-state index contributed by atoms with van der Waals surface area (Å²) < 4.78 is 27.9. The maximum Gasteiger partial charge on any atom is 0.271 e. The molecule has 158 valence electrons. The Morgan fingerprint density at radius 1 is 1.19 bits per heavy atom. The normalized spacial score (nSPS) is 10.8. The van der Waals surface area contributed by atoms with Gasteiger partial charge >= 0.3 is 0 Å². The van der Waals surface area contributed by atoms with Crippen molar-refractivity contribution in [3.8, 4) is 0 Å². The Morgan fingerprint density at radius 2 is 1.94 bits per heavy atom. The van der Waals surface area contributed by atoms with Crippen LogP contribution in [0.4, 0.5) is 31.0 Å². The first-order valence-electron chi connectivity index (χ1n) is 8.70. The average molecular weight is 444 g/mol. The lowest BCUT2D eigenvalue weighted by molar-refractivity contribution is -0.384. The molecule has 0 saturated carbocycles. The summed E-state index contributed by atoms with van der Waals surface area (Å²) in [7, 11) is 0. The van der Waals surface area contributed by atoms with Gasteiger partial charge in [-0.2, -0.15) is 0 Å². The smallest absolute Gasteiger partial charge is 0.271 e. The molecule has 0 unspecified atom stereocenters. The summed E-state index contributed by atoms with van der Waals surface area (Å²) in [5.41, 5.74) is -0.372. The van der Waals surface area contributed by atoms with Gasteiger partial charge in [-0.1, -0.05) is 12.1 Å². The van der Waals surface area contributed by atoms with Crippen molar-refractivity contribution >= 4 is 51.4 Å². The quantitative estimate of drug-likeness (QED) is 0.338. The minimum absolute atomic E-state index is 0.0405. The second-order valence-corrected chi connectivity index (χ2v) is 6.94. The lowest BCUT2D eigenvalue weighted by Crippen LogP contribution is -2.23. The molecule has 0 fully saturated rings. The fourth-order valence-electron chi connectivity index (χ4n) is 2.55. The molecule has 3 rings (SSSR count). The number of nitrogens with zero attached hydrogens (tertiary/aromatic N) is 3. The molecule has 8 nitrogen and oxygen atoms in total. The third-order valence-electron chi connectivity index (χ3n) is 3.93. The Kier molecular flexibility index (Phi) is 6.46. The number of carbonyl (C=O) groups excluding carboxylic acids is 2. The minimum atomic E-state index is -0.828. The lowest BCUT2D eigenvalue weighted by atomic mass is 10.2. The van der Waals surface area contributed by atoms with Gasteiger partial charge in [0.15, 0.2) is 5.13 Å². The Labute approximate surface area is 178 Å². The number of para-hydroxylation sites is 1. The number of nitro benzene ring substituents is 1. The van der Waals surface area contributed by atoms with Gasteiger partial charge in [0.25, 0.3) is 5.69 Å². The molecule has 1 aromatic heterocycles. The Morgan fingerprint density at radius 3 is 2.61 bits per heavy atom. The molecule has 0 saturated heterocycles. The van der Waals surface area contributed by atoms with Gasteiger partial charge in [0.2, 0.25) is 11.8 Å². The molecule has 0 spiro atoms. The summed E-state index contributed by atoms with van der Waals surface area (Å²) >= 11 is 1.06. The molecule has 0 aliphatic carbocycles. The summed E-state index contributed by atoms with van der Waals surface area (Å²) in [5, 5.41) is 14.7. The van der Waals surface area contributed by atoms with E-state index in [4.69, 9.17) is 0 Å². The van der Waals surface area contributed by atoms with E-state index in [0.29, 0.717) is 5.69 Å². The van der Waals surface area contributed by atoms with Crippen LogP contribution in [0, 0.1) is 21.7 Å². The van der Waals surface area contributed by atoms with Crippen LogP contribution < -0.4 is 10.2 Å². The standard InChI is InChI=1S/C20H14F2N4O4S/c1-12(27)25(18-5-3-2-4-16(18)22)20-23-13(11-31-20)6-9-19(28)24-17-10-14(26(29)30)7-8-15(17)21/h2-11H,1H3,(H,24,28). The van der Waals surface area contributed by atoms with E-state index < -0.39 is 28.4 Å². The molecule has 3 aromatic rings. The highest BCUT2D eigenvalue weighted by atomic mass is 32.1. The number of nitrogens with one attached hydrogen (secondary N) is 1. The van der Waals surface area contributed by atoms with Gasteiger partial charge < -0.3 is 5.32 Å². The van der Waals surface area contributed by atoms with Crippen molar-refractivity contribution in [3.63, 3.8) is 0 Å². The predicted molar refractivity (Wildman–Crippen MR) is 112 cm³/mol. The first-order valence-corrected chi connectivity index (χ1v) is 9.58. The molecule has 31 heavy (non-hydrogen) atoms. The maximum atomic E-state index is 14.1. The molecular formula is C20H14F2N4O4S. The summed E-state index contributed by atoms with van der Waals surface area (Å²) in [4.78, 5) is 39.5. The van der Waals surface area contributed by atoms with Crippen LogP contribution in [0.1, 0.15) is 12.6 Å². The van der Waals surface area contributed by atoms with Crippen molar-refractivity contribution < 1.29 is 23.3 Å². The molecule has 0 aliphatic rings. The topological polar surface area (TPSA) is 105 Å². The number of nitro groups is 1. The highest BCUT2D eigenvalue weighted by Gasteiger charge is 2.20. The number of halogens is 2.